The lowest BCUT2D eigenvalue weighted by Crippen LogP contribution is -2.10. The minimum absolute atomic E-state index is 0.106. The second-order valence-electron chi connectivity index (χ2n) is 4.24. The molecule has 0 aliphatic carbocycles. The van der Waals surface area contributed by atoms with Crippen LogP contribution in [0.4, 0.5) is 0 Å². The molecule has 0 aromatic carbocycles. The van der Waals surface area contributed by atoms with Crippen LogP contribution in [0.2, 0.25) is 5.02 Å². The lowest BCUT2D eigenvalue weighted by molar-refractivity contribution is -0.117. The van der Waals surface area contributed by atoms with Crippen molar-refractivity contribution in [3.63, 3.8) is 0 Å². The summed E-state index contributed by atoms with van der Waals surface area (Å²) in [5, 5.41) is 7.58. The normalized spacial score (nSPS) is 10.9. The number of hydrogen-bond acceptors (Lipinski definition) is 4. The SMILES string of the molecule is Cc1csc(CC(=O)Cc2c(Cl)c(C)nn2C)n1. The van der Waals surface area contributed by atoms with E-state index in [0.717, 1.165) is 22.1 Å². The van der Waals surface area contributed by atoms with Crippen LogP contribution < -0.4 is 0 Å². The zero-order chi connectivity index (χ0) is 13.3. The van der Waals surface area contributed by atoms with Crippen molar-refractivity contribution in [1.82, 2.24) is 14.8 Å². The second-order valence-corrected chi connectivity index (χ2v) is 5.57. The average Bonchev–Trinajstić information content (AvgIpc) is 2.78. The molecule has 0 saturated heterocycles. The molecule has 0 unspecified atom stereocenters. The van der Waals surface area contributed by atoms with E-state index >= 15 is 0 Å². The Balaban J connectivity index is 2.07. The molecule has 0 amide bonds. The summed E-state index contributed by atoms with van der Waals surface area (Å²) in [6.07, 6.45) is 0.661. The van der Waals surface area contributed by atoms with Crippen LogP contribution in [0.1, 0.15) is 22.1 Å². The van der Waals surface area contributed by atoms with Gasteiger partial charge in [0.25, 0.3) is 0 Å². The quantitative estimate of drug-likeness (QED) is 0.866. The molecule has 0 saturated carbocycles. The Bertz CT molecular complexity index is 588. The van der Waals surface area contributed by atoms with E-state index in [1.54, 1.807) is 11.7 Å². The molecule has 18 heavy (non-hydrogen) atoms. The van der Waals surface area contributed by atoms with Crippen LogP contribution >= 0.6 is 22.9 Å². The lowest BCUT2D eigenvalue weighted by Gasteiger charge is -2.01. The summed E-state index contributed by atoms with van der Waals surface area (Å²) in [5.41, 5.74) is 2.48. The number of aromatic nitrogens is 3. The van der Waals surface area contributed by atoms with Gasteiger partial charge >= 0.3 is 0 Å². The highest BCUT2D eigenvalue weighted by Gasteiger charge is 2.15. The molecule has 2 rings (SSSR count). The summed E-state index contributed by atoms with van der Waals surface area (Å²) in [7, 11) is 1.80. The number of ketones is 1. The molecule has 0 radical (unpaired) electrons. The molecule has 0 aliphatic heterocycles. The Hall–Kier alpha value is -1.20. The Morgan fingerprint density at radius 2 is 2.17 bits per heavy atom. The highest BCUT2D eigenvalue weighted by atomic mass is 35.5. The summed E-state index contributed by atoms with van der Waals surface area (Å²) < 4.78 is 1.67. The molecule has 96 valence electrons. The van der Waals surface area contributed by atoms with Crippen molar-refractivity contribution in [2.75, 3.05) is 0 Å². The number of rotatable bonds is 4. The summed E-state index contributed by atoms with van der Waals surface area (Å²) in [5.74, 6) is 0.106. The molecule has 2 aromatic heterocycles. The molecule has 0 spiro atoms. The Morgan fingerprint density at radius 3 is 2.67 bits per heavy atom. The van der Waals surface area contributed by atoms with E-state index in [0.29, 0.717) is 17.9 Å². The maximum absolute atomic E-state index is 12.0. The van der Waals surface area contributed by atoms with Crippen molar-refractivity contribution in [1.29, 1.82) is 0 Å². The highest BCUT2D eigenvalue weighted by Crippen LogP contribution is 2.20. The lowest BCUT2D eigenvalue weighted by atomic mass is 10.1. The fourth-order valence-electron chi connectivity index (χ4n) is 1.77. The largest absolute Gasteiger partial charge is 0.299 e. The molecule has 4 nitrogen and oxygen atoms in total. The number of thiazole rings is 1. The average molecular weight is 284 g/mol. The molecule has 6 heteroatoms. The van der Waals surface area contributed by atoms with Crippen LogP contribution in [0, 0.1) is 13.8 Å². The van der Waals surface area contributed by atoms with Crippen LogP contribution in [0.5, 0.6) is 0 Å². The van der Waals surface area contributed by atoms with Crippen LogP contribution in [-0.4, -0.2) is 20.5 Å². The first kappa shape index (κ1) is 13.2. The zero-order valence-corrected chi connectivity index (χ0v) is 12.1. The highest BCUT2D eigenvalue weighted by molar-refractivity contribution is 7.09. The van der Waals surface area contributed by atoms with Crippen molar-refractivity contribution in [3.8, 4) is 0 Å². The van der Waals surface area contributed by atoms with Gasteiger partial charge in [0.2, 0.25) is 0 Å². The standard InChI is InChI=1S/C12H14ClN3OS/c1-7-6-18-11(14-7)5-9(17)4-10-12(13)8(2)15-16(10)3/h6H,4-5H2,1-3H3. The van der Waals surface area contributed by atoms with E-state index in [1.165, 1.54) is 11.3 Å². The molecular weight excluding hydrogens is 270 g/mol. The number of aryl methyl sites for hydroxylation is 3. The monoisotopic (exact) mass is 283 g/mol. The predicted octanol–water partition coefficient (Wildman–Crippen LogP) is 2.50. The van der Waals surface area contributed by atoms with Gasteiger partial charge < -0.3 is 0 Å². The molecular formula is C12H14ClN3OS. The first-order valence-electron chi connectivity index (χ1n) is 5.58. The minimum atomic E-state index is 0.106. The Labute approximate surface area is 115 Å². The van der Waals surface area contributed by atoms with Crippen LogP contribution in [0.3, 0.4) is 0 Å². The fraction of sp³-hybridized carbons (Fsp3) is 0.417. The number of hydrogen-bond donors (Lipinski definition) is 0. The van der Waals surface area contributed by atoms with E-state index in [4.69, 9.17) is 11.6 Å². The van der Waals surface area contributed by atoms with Crippen molar-refractivity contribution < 1.29 is 4.79 Å². The Kier molecular flexibility index (Phi) is 3.82. The van der Waals surface area contributed by atoms with Gasteiger partial charge in [-0.1, -0.05) is 11.6 Å². The summed E-state index contributed by atoms with van der Waals surface area (Å²) >= 11 is 7.63. The third kappa shape index (κ3) is 2.79. The van der Waals surface area contributed by atoms with Crippen molar-refractivity contribution in [2.45, 2.75) is 26.7 Å². The molecule has 0 bridgehead atoms. The molecule has 2 heterocycles. The van der Waals surface area contributed by atoms with Crippen LogP contribution in [0.15, 0.2) is 5.38 Å². The van der Waals surface area contributed by atoms with Crippen LogP contribution in [-0.2, 0) is 24.7 Å². The predicted molar refractivity (Wildman–Crippen MR) is 72.2 cm³/mol. The molecule has 0 fully saturated rings. The van der Waals surface area contributed by atoms with E-state index in [9.17, 15) is 4.79 Å². The Morgan fingerprint density at radius 1 is 1.44 bits per heavy atom. The number of halogens is 1. The van der Waals surface area contributed by atoms with Crippen molar-refractivity contribution in [3.05, 3.63) is 32.5 Å². The van der Waals surface area contributed by atoms with Gasteiger partial charge in [0, 0.05) is 18.1 Å². The van der Waals surface area contributed by atoms with Gasteiger partial charge in [-0.25, -0.2) is 4.98 Å². The molecule has 0 atom stereocenters. The van der Waals surface area contributed by atoms with Crippen molar-refractivity contribution in [2.24, 2.45) is 7.05 Å². The third-order valence-electron chi connectivity index (χ3n) is 2.64. The van der Waals surface area contributed by atoms with Gasteiger partial charge in [0.1, 0.15) is 10.8 Å². The minimum Gasteiger partial charge on any atom is -0.299 e. The van der Waals surface area contributed by atoms with Gasteiger partial charge in [0.05, 0.1) is 29.3 Å². The smallest absolute Gasteiger partial charge is 0.145 e. The van der Waals surface area contributed by atoms with Crippen molar-refractivity contribution >= 4 is 28.7 Å². The molecule has 0 aliphatic rings. The number of carbonyl (C=O) groups excluding carboxylic acids is 1. The van der Waals surface area contributed by atoms with Gasteiger partial charge in [0.15, 0.2) is 0 Å². The maximum atomic E-state index is 12.0. The number of nitrogens with zero attached hydrogens (tertiary/aromatic N) is 3. The third-order valence-corrected chi connectivity index (χ3v) is 4.10. The van der Waals surface area contributed by atoms with Gasteiger partial charge in [-0.3, -0.25) is 9.48 Å². The van der Waals surface area contributed by atoms with Crippen LogP contribution in [0.25, 0.3) is 0 Å². The van der Waals surface area contributed by atoms with Gasteiger partial charge in [-0.05, 0) is 13.8 Å². The number of Topliss-reactive ketones (excluding diaryl/α,β-unsaturated/α-hetero) is 1. The van der Waals surface area contributed by atoms with Gasteiger partial charge in [-0.15, -0.1) is 11.3 Å². The number of carbonyl (C=O) groups is 1. The first-order valence-corrected chi connectivity index (χ1v) is 6.84. The maximum Gasteiger partial charge on any atom is 0.145 e. The van der Waals surface area contributed by atoms with E-state index in [1.807, 2.05) is 19.2 Å². The summed E-state index contributed by atoms with van der Waals surface area (Å²) in [6, 6.07) is 0. The van der Waals surface area contributed by atoms with E-state index in [2.05, 4.69) is 10.1 Å². The summed E-state index contributed by atoms with van der Waals surface area (Å²) in [4.78, 5) is 16.3. The topological polar surface area (TPSA) is 47.8 Å². The van der Waals surface area contributed by atoms with E-state index in [-0.39, 0.29) is 5.78 Å². The first-order chi connectivity index (χ1) is 8.47. The summed E-state index contributed by atoms with van der Waals surface area (Å²) in [6.45, 7) is 3.76. The van der Waals surface area contributed by atoms with E-state index < -0.39 is 0 Å². The molecule has 0 N–H and O–H groups in total. The fourth-order valence-corrected chi connectivity index (χ4v) is 2.80. The van der Waals surface area contributed by atoms with Gasteiger partial charge in [-0.2, -0.15) is 5.10 Å². The second kappa shape index (κ2) is 5.20. The molecule has 2 aromatic rings. The zero-order valence-electron chi connectivity index (χ0n) is 10.5.